The van der Waals surface area contributed by atoms with Crippen LogP contribution in [0.2, 0.25) is 0 Å². The number of hydrogen-bond acceptors (Lipinski definition) is 4. The van der Waals surface area contributed by atoms with Crippen molar-refractivity contribution >= 4 is 11.7 Å². The summed E-state index contributed by atoms with van der Waals surface area (Å²) in [5.41, 5.74) is 1.99. The summed E-state index contributed by atoms with van der Waals surface area (Å²) in [6.45, 7) is 4.49. The van der Waals surface area contributed by atoms with E-state index in [4.69, 9.17) is 0 Å². The molecule has 0 spiro atoms. The van der Waals surface area contributed by atoms with Gasteiger partial charge in [-0.25, -0.2) is 4.39 Å². The molecule has 1 fully saturated rings. The molecule has 2 heterocycles. The lowest BCUT2D eigenvalue weighted by Gasteiger charge is -2.31. The highest BCUT2D eigenvalue weighted by Gasteiger charge is 2.22. The molecule has 1 amide bonds. The number of hydrogen-bond donors (Lipinski definition) is 1. The number of aromatic nitrogens is 1. The lowest BCUT2D eigenvalue weighted by Crippen LogP contribution is -2.40. The van der Waals surface area contributed by atoms with Crippen LogP contribution in [0, 0.1) is 18.7 Å². The molecule has 1 aromatic carbocycles. The zero-order chi connectivity index (χ0) is 19.2. The van der Waals surface area contributed by atoms with E-state index in [1.807, 2.05) is 6.92 Å². The van der Waals surface area contributed by atoms with Crippen molar-refractivity contribution in [2.45, 2.75) is 19.8 Å². The maximum Gasteiger partial charge on any atom is 0.251 e. The minimum absolute atomic E-state index is 0.00908. The predicted octanol–water partition coefficient (Wildman–Crippen LogP) is 2.85. The van der Waals surface area contributed by atoms with Crippen LogP contribution in [0.25, 0.3) is 0 Å². The van der Waals surface area contributed by atoms with Gasteiger partial charge in [-0.2, -0.15) is 0 Å². The number of nitrogens with one attached hydrogen (secondary N) is 1. The molecule has 27 heavy (non-hydrogen) atoms. The molecule has 0 saturated carbocycles. The van der Waals surface area contributed by atoms with Gasteiger partial charge in [-0.3, -0.25) is 19.5 Å². The van der Waals surface area contributed by atoms with Crippen LogP contribution in [0.5, 0.6) is 0 Å². The summed E-state index contributed by atoms with van der Waals surface area (Å²) in [6.07, 6.45) is 3.51. The van der Waals surface area contributed by atoms with E-state index >= 15 is 0 Å². The summed E-state index contributed by atoms with van der Waals surface area (Å²) in [6, 6.07) is 9.17. The molecule has 6 heteroatoms. The van der Waals surface area contributed by atoms with Crippen LogP contribution in [0.3, 0.4) is 0 Å². The molecule has 1 saturated heterocycles. The molecule has 0 unspecified atom stereocenters. The van der Waals surface area contributed by atoms with Gasteiger partial charge in [0.05, 0.1) is 6.54 Å². The van der Waals surface area contributed by atoms with Crippen LogP contribution in [-0.2, 0) is 0 Å². The Balaban J connectivity index is 1.41. The molecule has 1 aliphatic heterocycles. The fourth-order valence-electron chi connectivity index (χ4n) is 3.30. The van der Waals surface area contributed by atoms with E-state index < -0.39 is 0 Å². The van der Waals surface area contributed by atoms with E-state index in [2.05, 4.69) is 15.2 Å². The SMILES string of the molecule is Cc1cc(C(=O)NCC2CCN(CC(=O)c3ccc(F)cc3)CC2)ccn1. The predicted molar refractivity (Wildman–Crippen MR) is 101 cm³/mol. The maximum atomic E-state index is 13.0. The van der Waals surface area contributed by atoms with Crippen molar-refractivity contribution in [2.24, 2.45) is 5.92 Å². The Morgan fingerprint density at radius 3 is 2.52 bits per heavy atom. The molecule has 0 radical (unpaired) electrons. The van der Waals surface area contributed by atoms with E-state index in [1.165, 1.54) is 24.3 Å². The molecule has 0 bridgehead atoms. The van der Waals surface area contributed by atoms with Gasteiger partial charge in [0.2, 0.25) is 0 Å². The highest BCUT2D eigenvalue weighted by molar-refractivity contribution is 5.97. The number of carbonyl (C=O) groups is 2. The first-order chi connectivity index (χ1) is 13.0. The van der Waals surface area contributed by atoms with Crippen molar-refractivity contribution in [3.63, 3.8) is 0 Å². The van der Waals surface area contributed by atoms with Gasteiger partial charge in [-0.1, -0.05) is 0 Å². The third-order valence-corrected chi connectivity index (χ3v) is 4.95. The Labute approximate surface area is 158 Å². The highest BCUT2D eigenvalue weighted by Crippen LogP contribution is 2.17. The Morgan fingerprint density at radius 1 is 1.15 bits per heavy atom. The molecule has 0 aliphatic carbocycles. The van der Waals surface area contributed by atoms with Crippen LogP contribution in [-0.4, -0.2) is 47.8 Å². The van der Waals surface area contributed by atoms with Crippen molar-refractivity contribution < 1.29 is 14.0 Å². The first kappa shape index (κ1) is 19.2. The number of nitrogens with zero attached hydrogens (tertiary/aromatic N) is 2. The molecule has 0 atom stereocenters. The third-order valence-electron chi connectivity index (χ3n) is 4.95. The first-order valence-corrected chi connectivity index (χ1v) is 9.23. The fraction of sp³-hybridized carbons (Fsp3) is 0.381. The van der Waals surface area contributed by atoms with Crippen molar-refractivity contribution in [1.29, 1.82) is 0 Å². The number of Topliss-reactive ketones (excluding diaryl/α,β-unsaturated/α-hetero) is 1. The number of piperidine rings is 1. The van der Waals surface area contributed by atoms with Crippen molar-refractivity contribution in [1.82, 2.24) is 15.2 Å². The molecule has 142 valence electrons. The quantitative estimate of drug-likeness (QED) is 0.796. The smallest absolute Gasteiger partial charge is 0.251 e. The second-order valence-corrected chi connectivity index (χ2v) is 7.05. The van der Waals surface area contributed by atoms with Gasteiger partial charge in [0.25, 0.3) is 5.91 Å². The summed E-state index contributed by atoms with van der Waals surface area (Å²) in [7, 11) is 0. The summed E-state index contributed by atoms with van der Waals surface area (Å²) >= 11 is 0. The Morgan fingerprint density at radius 2 is 1.85 bits per heavy atom. The molecular formula is C21H24FN3O2. The topological polar surface area (TPSA) is 62.3 Å². The average molecular weight is 369 g/mol. The van der Waals surface area contributed by atoms with E-state index in [0.29, 0.717) is 30.1 Å². The largest absolute Gasteiger partial charge is 0.352 e. The number of carbonyl (C=O) groups excluding carboxylic acids is 2. The van der Waals surface area contributed by atoms with Gasteiger partial charge in [0, 0.05) is 29.6 Å². The zero-order valence-electron chi connectivity index (χ0n) is 15.5. The number of aryl methyl sites for hydroxylation is 1. The minimum atomic E-state index is -0.337. The summed E-state index contributed by atoms with van der Waals surface area (Å²) in [5, 5.41) is 2.99. The standard InChI is InChI=1S/C21H24FN3O2/c1-15-12-18(6-9-23-15)21(27)24-13-16-7-10-25(11-8-16)14-20(26)17-2-4-19(22)5-3-17/h2-6,9,12,16H,7-8,10-11,13-14H2,1H3,(H,24,27). The van der Waals surface area contributed by atoms with Crippen LogP contribution in [0.4, 0.5) is 4.39 Å². The zero-order valence-corrected chi connectivity index (χ0v) is 15.5. The molecule has 5 nitrogen and oxygen atoms in total. The Bertz CT molecular complexity index is 799. The van der Waals surface area contributed by atoms with Gasteiger partial charge in [-0.15, -0.1) is 0 Å². The highest BCUT2D eigenvalue weighted by atomic mass is 19.1. The monoisotopic (exact) mass is 369 g/mol. The van der Waals surface area contributed by atoms with Crippen LogP contribution in [0.15, 0.2) is 42.6 Å². The van der Waals surface area contributed by atoms with E-state index in [9.17, 15) is 14.0 Å². The van der Waals surface area contributed by atoms with Crippen molar-refractivity contribution in [3.05, 3.63) is 65.2 Å². The van der Waals surface area contributed by atoms with E-state index in [0.717, 1.165) is 31.6 Å². The molecule has 1 aliphatic rings. The van der Waals surface area contributed by atoms with E-state index in [1.54, 1.807) is 18.3 Å². The summed E-state index contributed by atoms with van der Waals surface area (Å²) in [4.78, 5) is 30.7. The van der Waals surface area contributed by atoms with Crippen LogP contribution >= 0.6 is 0 Å². The lowest BCUT2D eigenvalue weighted by atomic mass is 9.96. The van der Waals surface area contributed by atoms with Gasteiger partial charge in [-0.05, 0) is 75.2 Å². The van der Waals surface area contributed by atoms with Gasteiger partial charge in [0.1, 0.15) is 5.82 Å². The second kappa shape index (κ2) is 8.86. The fourth-order valence-corrected chi connectivity index (χ4v) is 3.30. The summed E-state index contributed by atoms with van der Waals surface area (Å²) < 4.78 is 13.0. The number of halogens is 1. The van der Waals surface area contributed by atoms with Gasteiger partial charge >= 0.3 is 0 Å². The molecule has 3 rings (SSSR count). The first-order valence-electron chi connectivity index (χ1n) is 9.23. The normalized spacial score (nSPS) is 15.5. The summed E-state index contributed by atoms with van der Waals surface area (Å²) in [5.74, 6) is 0.00891. The molecule has 1 aromatic heterocycles. The number of pyridine rings is 1. The number of rotatable bonds is 6. The lowest BCUT2D eigenvalue weighted by molar-refractivity contribution is 0.0887. The average Bonchev–Trinajstić information content (AvgIpc) is 2.67. The van der Waals surface area contributed by atoms with E-state index in [-0.39, 0.29) is 17.5 Å². The molecule has 2 aromatic rings. The molecular weight excluding hydrogens is 345 g/mol. The second-order valence-electron chi connectivity index (χ2n) is 7.05. The number of likely N-dealkylation sites (tertiary alicyclic amines) is 1. The maximum absolute atomic E-state index is 13.0. The third kappa shape index (κ3) is 5.44. The van der Waals surface area contributed by atoms with Crippen molar-refractivity contribution in [2.75, 3.05) is 26.2 Å². The van der Waals surface area contributed by atoms with Crippen LogP contribution < -0.4 is 5.32 Å². The number of amides is 1. The van der Waals surface area contributed by atoms with Gasteiger partial charge < -0.3 is 5.32 Å². The Hall–Kier alpha value is -2.60. The number of benzene rings is 1. The number of ketones is 1. The van der Waals surface area contributed by atoms with Crippen LogP contribution in [0.1, 0.15) is 39.3 Å². The Kier molecular flexibility index (Phi) is 6.29. The van der Waals surface area contributed by atoms with Crippen molar-refractivity contribution in [3.8, 4) is 0 Å². The molecule has 1 N–H and O–H groups in total. The minimum Gasteiger partial charge on any atom is -0.352 e. The van der Waals surface area contributed by atoms with Gasteiger partial charge in [0.15, 0.2) is 5.78 Å².